The molecule has 10 atom stereocenters. The van der Waals surface area contributed by atoms with Crippen LogP contribution in [-0.4, -0.2) is 68.0 Å². The zero-order chi connectivity index (χ0) is 19.7. The predicted octanol–water partition coefficient (Wildman–Crippen LogP) is -0.560. The van der Waals surface area contributed by atoms with Crippen LogP contribution in [0.4, 0.5) is 0 Å². The maximum absolute atomic E-state index is 12.6. The Kier molecular flexibility index (Phi) is 2.98. The van der Waals surface area contributed by atoms with E-state index in [1.54, 1.807) is 6.92 Å². The molecule has 0 bridgehead atoms. The Balaban J connectivity index is 1.73. The molecule has 8 heteroatoms. The third-order valence-corrected chi connectivity index (χ3v) is 7.74. The first-order valence-electron chi connectivity index (χ1n) is 9.34. The zero-order valence-corrected chi connectivity index (χ0v) is 15.5. The Bertz CT molecular complexity index is 795. The third-order valence-electron chi connectivity index (χ3n) is 7.74. The van der Waals surface area contributed by atoms with Crippen molar-refractivity contribution in [2.24, 2.45) is 17.8 Å². The summed E-state index contributed by atoms with van der Waals surface area (Å²) >= 11 is 0. The molecule has 2 aliphatic heterocycles. The summed E-state index contributed by atoms with van der Waals surface area (Å²) < 4.78 is 17.3. The molecular formula is C19H24O8. The highest BCUT2D eigenvalue weighted by atomic mass is 16.7. The predicted molar refractivity (Wildman–Crippen MR) is 88.1 cm³/mol. The molecule has 3 aliphatic carbocycles. The van der Waals surface area contributed by atoms with Crippen LogP contribution in [-0.2, 0) is 23.8 Å². The Hall–Kier alpha value is -1.48. The fourth-order valence-electron chi connectivity index (χ4n) is 6.88. The summed E-state index contributed by atoms with van der Waals surface area (Å²) in [4.78, 5) is 24.3. The Labute approximate surface area is 156 Å². The van der Waals surface area contributed by atoms with Gasteiger partial charge in [0.05, 0.1) is 12.0 Å². The lowest BCUT2D eigenvalue weighted by atomic mass is 9.50. The topological polar surface area (TPSA) is 126 Å². The Morgan fingerprint density at radius 3 is 2.63 bits per heavy atom. The number of ether oxygens (including phenoxy) is 3. The summed E-state index contributed by atoms with van der Waals surface area (Å²) in [5.74, 6) is -3.00. The average molecular weight is 380 g/mol. The first kappa shape index (κ1) is 17.6. The highest BCUT2D eigenvalue weighted by Gasteiger charge is 2.94. The molecular weight excluding hydrogens is 356 g/mol. The lowest BCUT2D eigenvalue weighted by Crippen LogP contribution is -2.69. The summed E-state index contributed by atoms with van der Waals surface area (Å²) in [6.45, 7) is 8.83. The summed E-state index contributed by atoms with van der Waals surface area (Å²) in [5, 5.41) is 33.0. The van der Waals surface area contributed by atoms with Crippen molar-refractivity contribution in [3.05, 3.63) is 12.2 Å². The minimum Gasteiger partial charge on any atom is -0.459 e. The molecule has 2 saturated heterocycles. The molecule has 5 rings (SSSR count). The molecule has 0 spiro atoms. The molecule has 0 aromatic carbocycles. The van der Waals surface area contributed by atoms with Crippen molar-refractivity contribution < 1.29 is 39.1 Å². The van der Waals surface area contributed by atoms with Gasteiger partial charge in [-0.2, -0.15) is 0 Å². The van der Waals surface area contributed by atoms with Crippen LogP contribution in [0.2, 0.25) is 0 Å². The summed E-state index contributed by atoms with van der Waals surface area (Å²) in [7, 11) is 0. The van der Waals surface area contributed by atoms with Gasteiger partial charge in [-0.15, -0.1) is 0 Å². The van der Waals surface area contributed by atoms with Crippen molar-refractivity contribution in [1.29, 1.82) is 0 Å². The summed E-state index contributed by atoms with van der Waals surface area (Å²) in [5.41, 5.74) is -5.14. The minimum atomic E-state index is -1.96. The van der Waals surface area contributed by atoms with Gasteiger partial charge < -0.3 is 29.5 Å². The van der Waals surface area contributed by atoms with E-state index < -0.39 is 64.5 Å². The van der Waals surface area contributed by atoms with Crippen LogP contribution in [0.1, 0.15) is 33.6 Å². The van der Waals surface area contributed by atoms with Crippen LogP contribution >= 0.6 is 0 Å². The van der Waals surface area contributed by atoms with Gasteiger partial charge >= 0.3 is 11.9 Å². The van der Waals surface area contributed by atoms with E-state index in [0.717, 1.165) is 0 Å². The lowest BCUT2D eigenvalue weighted by Gasteiger charge is -2.53. The second kappa shape index (κ2) is 4.56. The monoisotopic (exact) mass is 380 g/mol. The van der Waals surface area contributed by atoms with Crippen LogP contribution in [0.5, 0.6) is 0 Å². The zero-order valence-electron chi connectivity index (χ0n) is 15.5. The standard InChI is InChI=1S/C19H24O8/c1-7-5-18-14(22)16(4)12-11(19(18,27-18)13(7)25-9(3)20)8(2)10(21)6-17(12,24)15(23)26-16/h7,10-14,21-22,24H,2,5-6H2,1,3-4H3/t7-,10+,11-,12-,13-,14+,16-,17-,18+,19+/m1/s1. The van der Waals surface area contributed by atoms with Gasteiger partial charge in [-0.05, 0) is 24.8 Å². The fourth-order valence-corrected chi connectivity index (χ4v) is 6.88. The van der Waals surface area contributed by atoms with E-state index in [1.807, 2.05) is 6.92 Å². The van der Waals surface area contributed by atoms with Gasteiger partial charge in [0.2, 0.25) is 0 Å². The van der Waals surface area contributed by atoms with Crippen molar-refractivity contribution in [1.82, 2.24) is 0 Å². The van der Waals surface area contributed by atoms with E-state index >= 15 is 0 Å². The molecule has 3 N–H and O–H groups in total. The second-order valence-corrected chi connectivity index (χ2v) is 9.15. The van der Waals surface area contributed by atoms with Crippen LogP contribution in [0.25, 0.3) is 0 Å². The molecule has 0 radical (unpaired) electrons. The summed E-state index contributed by atoms with van der Waals surface area (Å²) in [6, 6.07) is 0. The van der Waals surface area contributed by atoms with Crippen molar-refractivity contribution in [3.8, 4) is 0 Å². The molecule has 8 nitrogen and oxygen atoms in total. The van der Waals surface area contributed by atoms with Crippen LogP contribution in [0, 0.1) is 17.8 Å². The van der Waals surface area contributed by atoms with E-state index in [4.69, 9.17) is 14.2 Å². The normalized spacial score (nSPS) is 60.2. The molecule has 5 fully saturated rings. The van der Waals surface area contributed by atoms with Gasteiger partial charge in [-0.3, -0.25) is 4.79 Å². The van der Waals surface area contributed by atoms with Gasteiger partial charge in [0.25, 0.3) is 0 Å². The van der Waals surface area contributed by atoms with Crippen LogP contribution in [0.3, 0.4) is 0 Å². The van der Waals surface area contributed by atoms with Crippen molar-refractivity contribution >= 4 is 11.9 Å². The van der Waals surface area contributed by atoms with E-state index in [2.05, 4.69) is 6.58 Å². The van der Waals surface area contributed by atoms with Crippen LogP contribution < -0.4 is 0 Å². The third kappa shape index (κ3) is 1.59. The van der Waals surface area contributed by atoms with Crippen molar-refractivity contribution in [2.75, 3.05) is 0 Å². The first-order chi connectivity index (χ1) is 12.5. The number of rotatable bonds is 1. The number of epoxide rings is 1. The molecule has 0 amide bonds. The van der Waals surface area contributed by atoms with Gasteiger partial charge in [0, 0.05) is 19.3 Å². The number of carbonyl (C=O) groups is 2. The van der Waals surface area contributed by atoms with Gasteiger partial charge in [-0.25, -0.2) is 4.79 Å². The number of hydrogen-bond donors (Lipinski definition) is 3. The molecule has 0 aromatic heterocycles. The molecule has 5 aliphatic rings. The number of esters is 2. The number of carbonyl (C=O) groups excluding carboxylic acids is 2. The van der Waals surface area contributed by atoms with Gasteiger partial charge in [0.15, 0.2) is 5.60 Å². The van der Waals surface area contributed by atoms with E-state index in [9.17, 15) is 24.9 Å². The number of hydrogen-bond acceptors (Lipinski definition) is 8. The van der Waals surface area contributed by atoms with Crippen LogP contribution in [0.15, 0.2) is 12.2 Å². The van der Waals surface area contributed by atoms with E-state index in [0.29, 0.717) is 12.0 Å². The van der Waals surface area contributed by atoms with Gasteiger partial charge in [-0.1, -0.05) is 13.5 Å². The average Bonchev–Trinajstić information content (AvgIpc) is 3.10. The fraction of sp³-hybridized carbons (Fsp3) is 0.789. The SMILES string of the molecule is C=C1[C@@H]2[C@@H]3[C@@](C)(OC(=O)[C@@]3(O)C[C@@H]1O)[C@H](O)[C@@]13C[C@@H](C)[C@@H](OC(C)=O)[C@@]21O3. The summed E-state index contributed by atoms with van der Waals surface area (Å²) in [6.07, 6.45) is -2.85. The largest absolute Gasteiger partial charge is 0.459 e. The van der Waals surface area contributed by atoms with Crippen molar-refractivity contribution in [2.45, 2.75) is 74.3 Å². The molecule has 0 aromatic rings. The number of aliphatic hydroxyl groups is 3. The van der Waals surface area contributed by atoms with Crippen molar-refractivity contribution in [3.63, 3.8) is 0 Å². The Morgan fingerprint density at radius 2 is 2.00 bits per heavy atom. The molecule has 2 heterocycles. The molecule has 148 valence electrons. The maximum atomic E-state index is 12.6. The highest BCUT2D eigenvalue weighted by molar-refractivity contribution is 5.84. The van der Waals surface area contributed by atoms with E-state index in [1.165, 1.54) is 6.92 Å². The Morgan fingerprint density at radius 1 is 1.33 bits per heavy atom. The lowest BCUT2D eigenvalue weighted by molar-refractivity contribution is -0.173. The quantitative estimate of drug-likeness (QED) is 0.314. The highest BCUT2D eigenvalue weighted by Crippen LogP contribution is 2.77. The van der Waals surface area contributed by atoms with E-state index in [-0.39, 0.29) is 12.3 Å². The minimum absolute atomic E-state index is 0.115. The maximum Gasteiger partial charge on any atom is 0.339 e. The molecule has 0 unspecified atom stereocenters. The molecule has 3 saturated carbocycles. The van der Waals surface area contributed by atoms with Gasteiger partial charge in [0.1, 0.15) is 29.0 Å². The molecule has 27 heavy (non-hydrogen) atoms. The second-order valence-electron chi connectivity index (χ2n) is 9.15. The smallest absolute Gasteiger partial charge is 0.339 e. The number of aliphatic hydroxyl groups excluding tert-OH is 2. The first-order valence-corrected chi connectivity index (χ1v) is 9.34.